The number of piperidine rings is 1. The molecule has 0 aromatic heterocycles. The standard InChI is InChI=1S/C14H18N2O5/c17-10-1-2-12(18)11(7-10)13(19)15-8-9-3-5-16(6-4-9)14(20)21/h1-2,7,9,17-18H,3-6,8H2,(H,15,19)(H,20,21). The number of phenolic OH excluding ortho intramolecular Hbond substituents is 2. The van der Waals surface area contributed by atoms with Crippen LogP contribution in [0.3, 0.4) is 0 Å². The summed E-state index contributed by atoms with van der Waals surface area (Å²) in [6.45, 7) is 1.35. The van der Waals surface area contributed by atoms with Crippen molar-refractivity contribution in [3.05, 3.63) is 23.8 Å². The Morgan fingerprint density at radius 3 is 2.52 bits per heavy atom. The van der Waals surface area contributed by atoms with Crippen LogP contribution in [0, 0.1) is 5.92 Å². The fraction of sp³-hybridized carbons (Fsp3) is 0.429. The summed E-state index contributed by atoms with van der Waals surface area (Å²) < 4.78 is 0. The number of nitrogens with one attached hydrogen (secondary N) is 1. The molecule has 1 heterocycles. The van der Waals surface area contributed by atoms with Gasteiger partial charge in [-0.2, -0.15) is 0 Å². The molecule has 7 heteroatoms. The molecule has 1 aliphatic heterocycles. The van der Waals surface area contributed by atoms with Crippen molar-refractivity contribution in [1.82, 2.24) is 10.2 Å². The van der Waals surface area contributed by atoms with Gasteiger partial charge >= 0.3 is 6.09 Å². The van der Waals surface area contributed by atoms with Crippen LogP contribution in [0.5, 0.6) is 11.5 Å². The molecule has 4 N–H and O–H groups in total. The number of hydrogen-bond acceptors (Lipinski definition) is 4. The van der Waals surface area contributed by atoms with Gasteiger partial charge in [-0.15, -0.1) is 0 Å². The van der Waals surface area contributed by atoms with Crippen molar-refractivity contribution < 1.29 is 24.9 Å². The van der Waals surface area contributed by atoms with E-state index in [2.05, 4.69) is 5.32 Å². The number of hydrogen-bond donors (Lipinski definition) is 4. The molecule has 1 saturated heterocycles. The summed E-state index contributed by atoms with van der Waals surface area (Å²) in [7, 11) is 0. The molecule has 1 aromatic carbocycles. The van der Waals surface area contributed by atoms with E-state index in [9.17, 15) is 19.8 Å². The molecule has 0 radical (unpaired) electrons. The zero-order chi connectivity index (χ0) is 15.4. The number of nitrogens with zero attached hydrogens (tertiary/aromatic N) is 1. The van der Waals surface area contributed by atoms with Crippen molar-refractivity contribution in [2.75, 3.05) is 19.6 Å². The van der Waals surface area contributed by atoms with Crippen LogP contribution in [0.25, 0.3) is 0 Å². The SMILES string of the molecule is O=C(NCC1CCN(C(=O)O)CC1)c1cc(O)ccc1O. The van der Waals surface area contributed by atoms with E-state index in [0.29, 0.717) is 32.5 Å². The van der Waals surface area contributed by atoms with Crippen LogP contribution < -0.4 is 5.32 Å². The molecule has 1 aromatic rings. The third kappa shape index (κ3) is 3.77. The molecule has 0 unspecified atom stereocenters. The van der Waals surface area contributed by atoms with Crippen LogP contribution in [-0.4, -0.2) is 51.9 Å². The second kappa shape index (κ2) is 6.34. The van der Waals surface area contributed by atoms with E-state index >= 15 is 0 Å². The van der Waals surface area contributed by atoms with Gasteiger partial charge in [-0.3, -0.25) is 4.79 Å². The zero-order valence-electron chi connectivity index (χ0n) is 11.5. The second-order valence-corrected chi connectivity index (χ2v) is 5.12. The van der Waals surface area contributed by atoms with Crippen molar-refractivity contribution in [3.63, 3.8) is 0 Å². The summed E-state index contributed by atoms with van der Waals surface area (Å²) in [6.07, 6.45) is 0.471. The molecule has 0 bridgehead atoms. The first-order valence-corrected chi connectivity index (χ1v) is 6.75. The first-order valence-electron chi connectivity index (χ1n) is 6.75. The highest BCUT2D eigenvalue weighted by atomic mass is 16.4. The van der Waals surface area contributed by atoms with E-state index in [1.807, 2.05) is 0 Å². The van der Waals surface area contributed by atoms with Gasteiger partial charge in [0.25, 0.3) is 5.91 Å². The number of benzene rings is 1. The van der Waals surface area contributed by atoms with Crippen LogP contribution >= 0.6 is 0 Å². The maximum absolute atomic E-state index is 11.9. The summed E-state index contributed by atoms with van der Waals surface area (Å²) in [5, 5.41) is 30.5. The highest BCUT2D eigenvalue weighted by Crippen LogP contribution is 2.22. The normalized spacial score (nSPS) is 15.7. The Morgan fingerprint density at radius 2 is 1.90 bits per heavy atom. The molecule has 0 saturated carbocycles. The molecule has 2 amide bonds. The summed E-state index contributed by atoms with van der Waals surface area (Å²) in [6, 6.07) is 3.76. The van der Waals surface area contributed by atoms with Gasteiger partial charge in [0.15, 0.2) is 0 Å². The van der Waals surface area contributed by atoms with E-state index < -0.39 is 12.0 Å². The van der Waals surface area contributed by atoms with Gasteiger partial charge in [0.05, 0.1) is 5.56 Å². The Balaban J connectivity index is 1.85. The summed E-state index contributed by atoms with van der Waals surface area (Å²) >= 11 is 0. The topological polar surface area (TPSA) is 110 Å². The summed E-state index contributed by atoms with van der Waals surface area (Å²) in [5.74, 6) is -0.522. The predicted octanol–water partition coefficient (Wildman–Crippen LogP) is 1.22. The lowest BCUT2D eigenvalue weighted by atomic mass is 9.97. The lowest BCUT2D eigenvalue weighted by Crippen LogP contribution is -2.40. The number of carboxylic acid groups (broad SMARTS) is 1. The highest BCUT2D eigenvalue weighted by Gasteiger charge is 2.23. The fourth-order valence-corrected chi connectivity index (χ4v) is 2.37. The van der Waals surface area contributed by atoms with Gasteiger partial charge in [0.1, 0.15) is 11.5 Å². The number of carbonyl (C=O) groups is 2. The second-order valence-electron chi connectivity index (χ2n) is 5.12. The lowest BCUT2D eigenvalue weighted by Gasteiger charge is -2.30. The molecule has 7 nitrogen and oxygen atoms in total. The van der Waals surface area contributed by atoms with Gasteiger partial charge in [0, 0.05) is 19.6 Å². The Kier molecular flexibility index (Phi) is 4.52. The predicted molar refractivity (Wildman–Crippen MR) is 74.4 cm³/mol. The van der Waals surface area contributed by atoms with Gasteiger partial charge in [-0.25, -0.2) is 4.79 Å². The van der Waals surface area contributed by atoms with Crippen LogP contribution in [0.2, 0.25) is 0 Å². The minimum atomic E-state index is -0.915. The van der Waals surface area contributed by atoms with E-state index in [-0.39, 0.29) is 23.0 Å². The first-order chi connectivity index (χ1) is 9.97. The summed E-state index contributed by atoms with van der Waals surface area (Å²) in [4.78, 5) is 24.1. The summed E-state index contributed by atoms with van der Waals surface area (Å²) in [5.41, 5.74) is 0.0259. The average Bonchev–Trinajstić information content (AvgIpc) is 2.47. The Labute approximate surface area is 121 Å². The first kappa shape index (κ1) is 15.0. The molecule has 0 aliphatic carbocycles. The van der Waals surface area contributed by atoms with Gasteiger partial charge in [-0.05, 0) is 37.0 Å². The maximum Gasteiger partial charge on any atom is 0.407 e. The number of rotatable bonds is 3. The Hall–Kier alpha value is -2.44. The Morgan fingerprint density at radius 1 is 1.24 bits per heavy atom. The molecule has 1 fully saturated rings. The molecular weight excluding hydrogens is 276 g/mol. The van der Waals surface area contributed by atoms with Crippen LogP contribution in [0.4, 0.5) is 4.79 Å². The van der Waals surface area contributed by atoms with Crippen LogP contribution in [-0.2, 0) is 0 Å². The molecule has 21 heavy (non-hydrogen) atoms. The van der Waals surface area contributed by atoms with E-state index in [0.717, 1.165) is 0 Å². The molecule has 0 atom stereocenters. The van der Waals surface area contributed by atoms with E-state index in [4.69, 9.17) is 5.11 Å². The maximum atomic E-state index is 11.9. The van der Waals surface area contributed by atoms with Crippen molar-refractivity contribution >= 4 is 12.0 Å². The fourth-order valence-electron chi connectivity index (χ4n) is 2.37. The van der Waals surface area contributed by atoms with Crippen molar-refractivity contribution in [2.45, 2.75) is 12.8 Å². The highest BCUT2D eigenvalue weighted by molar-refractivity contribution is 5.97. The van der Waals surface area contributed by atoms with E-state index in [1.165, 1.54) is 23.1 Å². The smallest absolute Gasteiger partial charge is 0.407 e. The van der Waals surface area contributed by atoms with Crippen molar-refractivity contribution in [3.8, 4) is 11.5 Å². The Bertz CT molecular complexity index is 538. The number of aromatic hydroxyl groups is 2. The van der Waals surface area contributed by atoms with Crippen LogP contribution in [0.1, 0.15) is 23.2 Å². The largest absolute Gasteiger partial charge is 0.508 e. The van der Waals surface area contributed by atoms with Crippen LogP contribution in [0.15, 0.2) is 18.2 Å². The van der Waals surface area contributed by atoms with E-state index in [1.54, 1.807) is 0 Å². The number of carbonyl (C=O) groups excluding carboxylic acids is 1. The van der Waals surface area contributed by atoms with Crippen molar-refractivity contribution in [2.24, 2.45) is 5.92 Å². The minimum absolute atomic E-state index is 0.0259. The molecule has 114 valence electrons. The number of likely N-dealkylation sites (tertiary alicyclic amines) is 1. The molecule has 1 aliphatic rings. The average molecular weight is 294 g/mol. The third-order valence-corrected chi connectivity index (χ3v) is 3.66. The lowest BCUT2D eigenvalue weighted by molar-refractivity contribution is 0.0925. The van der Waals surface area contributed by atoms with Gasteiger partial charge in [0.2, 0.25) is 0 Å². The van der Waals surface area contributed by atoms with Gasteiger partial charge < -0.3 is 25.5 Å². The monoisotopic (exact) mass is 294 g/mol. The van der Waals surface area contributed by atoms with Crippen molar-refractivity contribution in [1.29, 1.82) is 0 Å². The number of amides is 2. The molecule has 2 rings (SSSR count). The molecule has 0 spiro atoms. The minimum Gasteiger partial charge on any atom is -0.508 e. The number of phenols is 2. The van der Waals surface area contributed by atoms with Gasteiger partial charge in [-0.1, -0.05) is 0 Å². The quantitative estimate of drug-likeness (QED) is 0.626. The third-order valence-electron chi connectivity index (χ3n) is 3.66. The molecular formula is C14H18N2O5. The zero-order valence-corrected chi connectivity index (χ0v) is 11.5.